The first-order valence-corrected chi connectivity index (χ1v) is 6.76. The molecule has 92 valence electrons. The van der Waals surface area contributed by atoms with Crippen molar-refractivity contribution in [1.82, 2.24) is 4.90 Å². The Kier molecular flexibility index (Phi) is 2.58. The molecule has 0 aromatic carbocycles. The number of rotatable bonds is 1. The fraction of sp³-hybridized carbons (Fsp3) is 0.643. The highest BCUT2D eigenvalue weighted by Gasteiger charge is 2.35. The second kappa shape index (κ2) is 3.98. The Morgan fingerprint density at radius 3 is 2.71 bits per heavy atom. The van der Waals surface area contributed by atoms with E-state index >= 15 is 0 Å². The van der Waals surface area contributed by atoms with Crippen LogP contribution in [0.15, 0.2) is 28.2 Å². The lowest BCUT2D eigenvalue weighted by atomic mass is 10.0. The first kappa shape index (κ1) is 11.0. The van der Waals surface area contributed by atoms with Gasteiger partial charge in [-0.05, 0) is 25.7 Å². The summed E-state index contributed by atoms with van der Waals surface area (Å²) in [4.78, 5) is 7.23. The third-order valence-corrected chi connectivity index (χ3v) is 4.10. The fourth-order valence-electron chi connectivity index (χ4n) is 3.10. The molecule has 3 aliphatic rings. The largest absolute Gasteiger partial charge is 0.370 e. The number of aliphatic imine (C=N–C) groups is 1. The SMILES string of the molecule is C[N+]1(C)C=NC2=C1CCC=C2N1CCCCC1. The van der Waals surface area contributed by atoms with Gasteiger partial charge in [-0.3, -0.25) is 4.48 Å². The smallest absolute Gasteiger partial charge is 0.195 e. The maximum atomic E-state index is 4.68. The van der Waals surface area contributed by atoms with E-state index in [-0.39, 0.29) is 0 Å². The predicted molar refractivity (Wildman–Crippen MR) is 70.4 cm³/mol. The Bertz CT molecular complexity index is 409. The standard InChI is InChI=1S/C14H22N3/c1-17(2)11-15-14-12(7-6-8-13(14)17)16-9-4-3-5-10-16/h7,11H,3-6,8-10H2,1-2H3/q+1. The maximum absolute atomic E-state index is 4.68. The van der Waals surface area contributed by atoms with Crippen molar-refractivity contribution in [3.8, 4) is 0 Å². The van der Waals surface area contributed by atoms with Gasteiger partial charge < -0.3 is 4.90 Å². The topological polar surface area (TPSA) is 15.6 Å². The summed E-state index contributed by atoms with van der Waals surface area (Å²) in [6, 6.07) is 0. The zero-order valence-corrected chi connectivity index (χ0v) is 10.9. The van der Waals surface area contributed by atoms with Crippen molar-refractivity contribution in [1.29, 1.82) is 0 Å². The van der Waals surface area contributed by atoms with Crippen LogP contribution in [-0.4, -0.2) is 42.9 Å². The Balaban J connectivity index is 1.90. The molecule has 3 heteroatoms. The number of nitrogens with zero attached hydrogens (tertiary/aromatic N) is 3. The van der Waals surface area contributed by atoms with Gasteiger partial charge in [0.1, 0.15) is 11.4 Å². The molecule has 0 spiro atoms. The second-order valence-electron chi connectivity index (χ2n) is 5.76. The van der Waals surface area contributed by atoms with Crippen molar-refractivity contribution in [3.05, 3.63) is 23.2 Å². The van der Waals surface area contributed by atoms with Gasteiger partial charge in [-0.25, -0.2) is 0 Å². The first-order valence-electron chi connectivity index (χ1n) is 6.76. The molecular weight excluding hydrogens is 210 g/mol. The molecule has 2 aliphatic heterocycles. The van der Waals surface area contributed by atoms with E-state index in [4.69, 9.17) is 0 Å². The maximum Gasteiger partial charge on any atom is 0.195 e. The average Bonchev–Trinajstić information content (AvgIpc) is 2.67. The van der Waals surface area contributed by atoms with E-state index in [2.05, 4.69) is 36.4 Å². The molecule has 0 unspecified atom stereocenters. The zero-order valence-electron chi connectivity index (χ0n) is 10.9. The summed E-state index contributed by atoms with van der Waals surface area (Å²) in [5.41, 5.74) is 4.17. The molecule has 0 bridgehead atoms. The third-order valence-electron chi connectivity index (χ3n) is 4.10. The van der Waals surface area contributed by atoms with Crippen molar-refractivity contribution in [2.75, 3.05) is 27.2 Å². The number of allylic oxidation sites excluding steroid dienone is 2. The van der Waals surface area contributed by atoms with Crippen LogP contribution in [-0.2, 0) is 0 Å². The van der Waals surface area contributed by atoms with Crippen molar-refractivity contribution in [3.63, 3.8) is 0 Å². The lowest BCUT2D eigenvalue weighted by Gasteiger charge is -2.33. The van der Waals surface area contributed by atoms with Crippen molar-refractivity contribution in [2.45, 2.75) is 32.1 Å². The molecule has 0 radical (unpaired) electrons. The van der Waals surface area contributed by atoms with E-state index in [0.29, 0.717) is 0 Å². The minimum Gasteiger partial charge on any atom is -0.370 e. The van der Waals surface area contributed by atoms with Crippen LogP contribution in [0.1, 0.15) is 32.1 Å². The van der Waals surface area contributed by atoms with Crippen LogP contribution in [0.4, 0.5) is 0 Å². The van der Waals surface area contributed by atoms with Gasteiger partial charge in [0.25, 0.3) is 0 Å². The molecule has 1 saturated heterocycles. The Morgan fingerprint density at radius 2 is 1.94 bits per heavy atom. The molecule has 2 heterocycles. The lowest BCUT2D eigenvalue weighted by molar-refractivity contribution is -0.749. The first-order chi connectivity index (χ1) is 8.18. The normalized spacial score (nSPS) is 27.2. The van der Waals surface area contributed by atoms with Gasteiger partial charge in [0.15, 0.2) is 6.34 Å². The summed E-state index contributed by atoms with van der Waals surface area (Å²) >= 11 is 0. The van der Waals surface area contributed by atoms with Gasteiger partial charge in [-0.2, -0.15) is 4.99 Å². The van der Waals surface area contributed by atoms with Gasteiger partial charge in [-0.1, -0.05) is 6.08 Å². The molecule has 0 aromatic rings. The number of hydrogen-bond donors (Lipinski definition) is 0. The van der Waals surface area contributed by atoms with Gasteiger partial charge in [0, 0.05) is 19.5 Å². The van der Waals surface area contributed by atoms with Crippen LogP contribution >= 0.6 is 0 Å². The molecule has 0 atom stereocenters. The van der Waals surface area contributed by atoms with Gasteiger partial charge in [0.05, 0.1) is 19.8 Å². The monoisotopic (exact) mass is 232 g/mol. The van der Waals surface area contributed by atoms with Crippen LogP contribution < -0.4 is 0 Å². The molecule has 0 amide bonds. The molecule has 3 nitrogen and oxygen atoms in total. The summed E-state index contributed by atoms with van der Waals surface area (Å²) < 4.78 is 0.848. The quantitative estimate of drug-likeness (QED) is 0.634. The summed E-state index contributed by atoms with van der Waals surface area (Å²) in [5, 5.41) is 0. The van der Waals surface area contributed by atoms with E-state index in [1.807, 2.05) is 0 Å². The zero-order chi connectivity index (χ0) is 11.9. The van der Waals surface area contributed by atoms with E-state index in [1.165, 1.54) is 62.3 Å². The molecule has 1 fully saturated rings. The van der Waals surface area contributed by atoms with E-state index in [0.717, 1.165) is 4.48 Å². The van der Waals surface area contributed by atoms with Gasteiger partial charge >= 0.3 is 0 Å². The highest BCUT2D eigenvalue weighted by atomic mass is 15.4. The molecule has 0 saturated carbocycles. The summed E-state index contributed by atoms with van der Waals surface area (Å²) in [6.07, 6.45) is 10.9. The Hall–Kier alpha value is -1.09. The summed E-state index contributed by atoms with van der Waals surface area (Å²) in [7, 11) is 4.45. The van der Waals surface area contributed by atoms with Crippen LogP contribution in [0.2, 0.25) is 0 Å². The average molecular weight is 232 g/mol. The fourth-order valence-corrected chi connectivity index (χ4v) is 3.10. The van der Waals surface area contributed by atoms with Gasteiger partial charge in [-0.15, -0.1) is 0 Å². The van der Waals surface area contributed by atoms with E-state index in [9.17, 15) is 0 Å². The second-order valence-corrected chi connectivity index (χ2v) is 5.76. The van der Waals surface area contributed by atoms with E-state index in [1.54, 1.807) is 0 Å². The number of piperidine rings is 1. The molecule has 0 N–H and O–H groups in total. The molecule has 17 heavy (non-hydrogen) atoms. The van der Waals surface area contributed by atoms with Crippen LogP contribution in [0.3, 0.4) is 0 Å². The van der Waals surface area contributed by atoms with Crippen molar-refractivity contribution >= 4 is 6.34 Å². The molecule has 0 aromatic heterocycles. The summed E-state index contributed by atoms with van der Waals surface area (Å²) in [6.45, 7) is 2.43. The number of hydrogen-bond acceptors (Lipinski definition) is 2. The minimum atomic E-state index is 0.848. The molecule has 1 aliphatic carbocycles. The van der Waals surface area contributed by atoms with Crippen LogP contribution in [0.25, 0.3) is 0 Å². The van der Waals surface area contributed by atoms with Gasteiger partial charge in [0.2, 0.25) is 0 Å². The number of likely N-dealkylation sites (tertiary alicyclic amines) is 1. The number of quaternary nitrogens is 1. The van der Waals surface area contributed by atoms with Crippen LogP contribution in [0, 0.1) is 0 Å². The molecule has 3 rings (SSSR count). The summed E-state index contributed by atoms with van der Waals surface area (Å²) in [5.74, 6) is 0. The van der Waals surface area contributed by atoms with Crippen molar-refractivity contribution < 1.29 is 4.48 Å². The Labute approximate surface area is 104 Å². The highest BCUT2D eigenvalue weighted by Crippen LogP contribution is 2.36. The Morgan fingerprint density at radius 1 is 1.18 bits per heavy atom. The minimum absolute atomic E-state index is 0.848. The third kappa shape index (κ3) is 1.82. The van der Waals surface area contributed by atoms with Crippen LogP contribution in [0.5, 0.6) is 0 Å². The van der Waals surface area contributed by atoms with E-state index < -0.39 is 0 Å². The highest BCUT2D eigenvalue weighted by molar-refractivity contribution is 5.58. The lowest BCUT2D eigenvalue weighted by Crippen LogP contribution is -2.36. The molecular formula is C14H22N3+. The van der Waals surface area contributed by atoms with Crippen molar-refractivity contribution in [2.24, 2.45) is 4.99 Å². The predicted octanol–water partition coefficient (Wildman–Crippen LogP) is 2.48.